The zero-order valence-corrected chi connectivity index (χ0v) is 12.4. The predicted molar refractivity (Wildman–Crippen MR) is 79.4 cm³/mol. The number of anilines is 1. The highest BCUT2D eigenvalue weighted by Crippen LogP contribution is 2.15. The van der Waals surface area contributed by atoms with Gasteiger partial charge in [0.05, 0.1) is 11.9 Å². The summed E-state index contributed by atoms with van der Waals surface area (Å²) in [5, 5.41) is 6.88. The number of aromatic nitrogens is 2. The second kappa shape index (κ2) is 6.74. The van der Waals surface area contributed by atoms with Gasteiger partial charge in [-0.1, -0.05) is 6.92 Å². The largest absolute Gasteiger partial charge is 0.396 e. The average Bonchev–Trinajstić information content (AvgIpc) is 2.76. The van der Waals surface area contributed by atoms with Crippen LogP contribution in [0.2, 0.25) is 0 Å². The van der Waals surface area contributed by atoms with Crippen molar-refractivity contribution >= 4 is 11.6 Å². The lowest BCUT2D eigenvalue weighted by molar-refractivity contribution is 0.0942. The molecule has 1 aromatic heterocycles. The SMILES string of the molecule is CC1CCN(CCCNC(=O)c2c(N)cnn2C)CC1. The van der Waals surface area contributed by atoms with Gasteiger partial charge in [0.1, 0.15) is 5.69 Å². The highest BCUT2D eigenvalue weighted by Gasteiger charge is 2.16. The first-order valence-electron chi connectivity index (χ1n) is 7.36. The van der Waals surface area contributed by atoms with Crippen LogP contribution in [0.15, 0.2) is 6.20 Å². The number of nitrogens with zero attached hydrogens (tertiary/aromatic N) is 3. The minimum Gasteiger partial charge on any atom is -0.396 e. The van der Waals surface area contributed by atoms with E-state index in [2.05, 4.69) is 22.2 Å². The number of hydrogen-bond acceptors (Lipinski definition) is 4. The number of amides is 1. The number of aryl methyl sites for hydroxylation is 1. The molecule has 112 valence electrons. The molecule has 2 heterocycles. The summed E-state index contributed by atoms with van der Waals surface area (Å²) in [5.41, 5.74) is 6.59. The number of rotatable bonds is 5. The van der Waals surface area contributed by atoms with E-state index in [0.29, 0.717) is 17.9 Å². The molecule has 0 aromatic carbocycles. The van der Waals surface area contributed by atoms with E-state index in [9.17, 15) is 4.79 Å². The molecule has 0 bridgehead atoms. The maximum Gasteiger partial charge on any atom is 0.271 e. The molecular weight excluding hydrogens is 254 g/mol. The van der Waals surface area contributed by atoms with Crippen LogP contribution in [-0.2, 0) is 7.05 Å². The lowest BCUT2D eigenvalue weighted by Crippen LogP contribution is -2.35. The molecule has 1 aromatic rings. The Hall–Kier alpha value is -1.56. The van der Waals surface area contributed by atoms with E-state index in [-0.39, 0.29) is 5.91 Å². The maximum absolute atomic E-state index is 12.0. The molecule has 6 heteroatoms. The molecule has 0 radical (unpaired) electrons. The lowest BCUT2D eigenvalue weighted by Gasteiger charge is -2.30. The lowest BCUT2D eigenvalue weighted by atomic mass is 9.99. The smallest absolute Gasteiger partial charge is 0.271 e. The molecule has 0 saturated carbocycles. The van der Waals surface area contributed by atoms with Crippen LogP contribution >= 0.6 is 0 Å². The molecule has 20 heavy (non-hydrogen) atoms. The van der Waals surface area contributed by atoms with Crippen molar-refractivity contribution in [3.8, 4) is 0 Å². The van der Waals surface area contributed by atoms with Crippen molar-refractivity contribution in [2.24, 2.45) is 13.0 Å². The van der Waals surface area contributed by atoms with E-state index in [4.69, 9.17) is 5.73 Å². The van der Waals surface area contributed by atoms with Gasteiger partial charge in [0.15, 0.2) is 0 Å². The van der Waals surface area contributed by atoms with Crippen molar-refractivity contribution in [3.05, 3.63) is 11.9 Å². The third kappa shape index (κ3) is 3.72. The number of nitrogens with one attached hydrogen (secondary N) is 1. The quantitative estimate of drug-likeness (QED) is 0.784. The first-order chi connectivity index (χ1) is 9.58. The van der Waals surface area contributed by atoms with E-state index >= 15 is 0 Å². The van der Waals surface area contributed by atoms with E-state index in [1.165, 1.54) is 36.8 Å². The first kappa shape index (κ1) is 14.8. The fraction of sp³-hybridized carbons (Fsp3) is 0.714. The maximum atomic E-state index is 12.0. The zero-order valence-electron chi connectivity index (χ0n) is 12.4. The zero-order chi connectivity index (χ0) is 14.5. The predicted octanol–water partition coefficient (Wildman–Crippen LogP) is 0.854. The summed E-state index contributed by atoms with van der Waals surface area (Å²) in [5.74, 6) is 0.716. The number of carbonyl (C=O) groups is 1. The van der Waals surface area contributed by atoms with Crippen LogP contribution in [0.4, 0.5) is 5.69 Å². The summed E-state index contributed by atoms with van der Waals surface area (Å²) in [6, 6.07) is 0. The first-order valence-corrected chi connectivity index (χ1v) is 7.36. The third-order valence-electron chi connectivity index (χ3n) is 4.00. The van der Waals surface area contributed by atoms with Gasteiger partial charge in [-0.05, 0) is 44.8 Å². The molecule has 1 amide bonds. The summed E-state index contributed by atoms with van der Waals surface area (Å²) < 4.78 is 1.51. The molecule has 0 aliphatic carbocycles. The standard InChI is InChI=1S/C14H25N5O/c1-11-4-8-19(9-5-11)7-3-6-16-14(20)13-12(15)10-17-18(13)2/h10-11H,3-9,15H2,1-2H3,(H,16,20). The highest BCUT2D eigenvalue weighted by atomic mass is 16.2. The van der Waals surface area contributed by atoms with Crippen molar-refractivity contribution in [2.75, 3.05) is 31.9 Å². The normalized spacial score (nSPS) is 17.3. The molecule has 1 fully saturated rings. The molecule has 0 atom stereocenters. The van der Waals surface area contributed by atoms with Gasteiger partial charge >= 0.3 is 0 Å². The fourth-order valence-electron chi connectivity index (χ4n) is 2.61. The Morgan fingerprint density at radius 2 is 2.20 bits per heavy atom. The van der Waals surface area contributed by atoms with Gasteiger partial charge in [0.25, 0.3) is 5.91 Å². The Kier molecular flexibility index (Phi) is 5.00. The molecule has 0 unspecified atom stereocenters. The van der Waals surface area contributed by atoms with Gasteiger partial charge in [-0.2, -0.15) is 5.10 Å². The molecule has 0 spiro atoms. The minimum atomic E-state index is -0.144. The number of likely N-dealkylation sites (tertiary alicyclic amines) is 1. The number of hydrogen-bond donors (Lipinski definition) is 2. The van der Waals surface area contributed by atoms with Gasteiger partial charge in [-0.25, -0.2) is 0 Å². The Labute approximate surface area is 120 Å². The van der Waals surface area contributed by atoms with E-state index in [1.807, 2.05) is 0 Å². The Bertz CT molecular complexity index is 429. The van der Waals surface area contributed by atoms with Gasteiger partial charge in [-0.3, -0.25) is 9.48 Å². The summed E-state index contributed by atoms with van der Waals surface area (Å²) in [6.45, 7) is 6.41. The van der Waals surface area contributed by atoms with Gasteiger partial charge < -0.3 is 16.0 Å². The second-order valence-corrected chi connectivity index (χ2v) is 5.71. The molecular formula is C14H25N5O. The third-order valence-corrected chi connectivity index (χ3v) is 4.00. The number of carbonyl (C=O) groups excluding carboxylic acids is 1. The fourth-order valence-corrected chi connectivity index (χ4v) is 2.61. The number of piperidine rings is 1. The van der Waals surface area contributed by atoms with Gasteiger partial charge in [0.2, 0.25) is 0 Å². The van der Waals surface area contributed by atoms with Crippen molar-refractivity contribution in [3.63, 3.8) is 0 Å². The Morgan fingerprint density at radius 1 is 1.50 bits per heavy atom. The average molecular weight is 279 g/mol. The Morgan fingerprint density at radius 3 is 2.80 bits per heavy atom. The van der Waals surface area contributed by atoms with Gasteiger partial charge in [-0.15, -0.1) is 0 Å². The van der Waals surface area contributed by atoms with E-state index < -0.39 is 0 Å². The summed E-state index contributed by atoms with van der Waals surface area (Å²) in [6.07, 6.45) is 5.05. The van der Waals surface area contributed by atoms with Crippen LogP contribution in [0.5, 0.6) is 0 Å². The molecule has 1 aliphatic heterocycles. The molecule has 1 aliphatic rings. The van der Waals surface area contributed by atoms with E-state index in [0.717, 1.165) is 18.9 Å². The molecule has 1 saturated heterocycles. The Balaban J connectivity index is 1.67. The second-order valence-electron chi connectivity index (χ2n) is 5.71. The topological polar surface area (TPSA) is 76.2 Å². The monoisotopic (exact) mass is 279 g/mol. The summed E-state index contributed by atoms with van der Waals surface area (Å²) in [7, 11) is 1.72. The minimum absolute atomic E-state index is 0.144. The van der Waals surface area contributed by atoms with Crippen LogP contribution in [0.25, 0.3) is 0 Å². The van der Waals surface area contributed by atoms with Crippen LogP contribution in [-0.4, -0.2) is 46.8 Å². The van der Waals surface area contributed by atoms with Crippen LogP contribution in [0, 0.1) is 5.92 Å². The molecule has 3 N–H and O–H groups in total. The summed E-state index contributed by atoms with van der Waals surface area (Å²) in [4.78, 5) is 14.5. The van der Waals surface area contributed by atoms with Crippen molar-refractivity contribution in [1.29, 1.82) is 0 Å². The molecule has 6 nitrogen and oxygen atoms in total. The van der Waals surface area contributed by atoms with Crippen molar-refractivity contribution in [2.45, 2.75) is 26.2 Å². The van der Waals surface area contributed by atoms with Crippen LogP contribution in [0.1, 0.15) is 36.7 Å². The number of nitrogens with two attached hydrogens (primary N) is 1. The van der Waals surface area contributed by atoms with Crippen LogP contribution in [0.3, 0.4) is 0 Å². The van der Waals surface area contributed by atoms with Crippen molar-refractivity contribution < 1.29 is 4.79 Å². The highest BCUT2D eigenvalue weighted by molar-refractivity contribution is 5.97. The van der Waals surface area contributed by atoms with Crippen LogP contribution < -0.4 is 11.1 Å². The summed E-state index contributed by atoms with van der Waals surface area (Å²) >= 11 is 0. The number of nitrogen functional groups attached to an aromatic ring is 1. The van der Waals surface area contributed by atoms with E-state index in [1.54, 1.807) is 7.05 Å². The van der Waals surface area contributed by atoms with Gasteiger partial charge in [0, 0.05) is 13.6 Å². The molecule has 2 rings (SSSR count). The van der Waals surface area contributed by atoms with Crippen molar-refractivity contribution in [1.82, 2.24) is 20.0 Å².